The van der Waals surface area contributed by atoms with Gasteiger partial charge in [0.15, 0.2) is 0 Å². The molecule has 1 amide bonds. The van der Waals surface area contributed by atoms with Crippen molar-refractivity contribution >= 4 is 22.8 Å². The number of carbonyl (C=O) groups excluding carboxylic acids is 2. The van der Waals surface area contributed by atoms with Crippen molar-refractivity contribution in [1.29, 1.82) is 0 Å². The average Bonchev–Trinajstić information content (AvgIpc) is 3.54. The summed E-state index contributed by atoms with van der Waals surface area (Å²) in [5.41, 5.74) is 2.83. The van der Waals surface area contributed by atoms with Crippen LogP contribution >= 0.6 is 0 Å². The van der Waals surface area contributed by atoms with Crippen LogP contribution in [-0.2, 0) is 32.1 Å². The van der Waals surface area contributed by atoms with Gasteiger partial charge in [0, 0.05) is 36.7 Å². The van der Waals surface area contributed by atoms with Crippen molar-refractivity contribution < 1.29 is 19.1 Å². The molecule has 180 valence electrons. The van der Waals surface area contributed by atoms with Crippen LogP contribution in [0, 0.1) is 5.92 Å². The summed E-state index contributed by atoms with van der Waals surface area (Å²) in [4.78, 5) is 29.6. The fraction of sp³-hybridized carbons (Fsp3) is 0.407. The number of hydrogen-bond acceptors (Lipinski definition) is 5. The molecule has 7 heteroatoms. The second-order valence-corrected chi connectivity index (χ2v) is 8.91. The number of nitrogens with one attached hydrogen (secondary N) is 3. The zero-order valence-corrected chi connectivity index (χ0v) is 19.8. The molecule has 1 aliphatic heterocycles. The number of benzene rings is 2. The van der Waals surface area contributed by atoms with Crippen molar-refractivity contribution in [2.24, 2.45) is 5.92 Å². The molecule has 4 unspecified atom stereocenters. The summed E-state index contributed by atoms with van der Waals surface area (Å²) in [6.45, 7) is 2.93. The Balaban J connectivity index is 1.49. The van der Waals surface area contributed by atoms with Gasteiger partial charge in [-0.25, -0.2) is 4.79 Å². The summed E-state index contributed by atoms with van der Waals surface area (Å²) in [5, 5.41) is 7.40. The lowest BCUT2D eigenvalue weighted by atomic mass is 9.95. The van der Waals surface area contributed by atoms with Crippen molar-refractivity contribution in [2.75, 3.05) is 13.7 Å². The van der Waals surface area contributed by atoms with E-state index in [0.717, 1.165) is 41.4 Å². The van der Waals surface area contributed by atoms with Gasteiger partial charge in [0.25, 0.3) is 0 Å². The number of methoxy groups -OCH3 is 1. The maximum atomic E-state index is 13.2. The molecule has 0 aliphatic carbocycles. The number of ether oxygens (including phenoxy) is 2. The van der Waals surface area contributed by atoms with E-state index >= 15 is 0 Å². The van der Waals surface area contributed by atoms with Crippen molar-refractivity contribution in [2.45, 2.75) is 51.0 Å². The van der Waals surface area contributed by atoms with E-state index < -0.39 is 17.9 Å². The van der Waals surface area contributed by atoms with Crippen LogP contribution in [0.1, 0.15) is 30.9 Å². The van der Waals surface area contributed by atoms with Gasteiger partial charge in [0.1, 0.15) is 12.6 Å². The molecule has 1 saturated heterocycles. The van der Waals surface area contributed by atoms with Crippen LogP contribution in [0.25, 0.3) is 10.9 Å². The first-order valence-corrected chi connectivity index (χ1v) is 11.9. The molecular weight excluding hydrogens is 430 g/mol. The van der Waals surface area contributed by atoms with Crippen LogP contribution in [0.2, 0.25) is 0 Å². The second-order valence-electron chi connectivity index (χ2n) is 8.91. The summed E-state index contributed by atoms with van der Waals surface area (Å²) in [7, 11) is 1.63. The number of rotatable bonds is 10. The second kappa shape index (κ2) is 11.3. The Hall–Kier alpha value is -3.16. The molecule has 2 aromatic carbocycles. The predicted octanol–water partition coefficient (Wildman–Crippen LogP) is 3.34. The quantitative estimate of drug-likeness (QED) is 0.401. The summed E-state index contributed by atoms with van der Waals surface area (Å²) in [5.74, 6) is -1.10. The highest BCUT2D eigenvalue weighted by Gasteiger charge is 2.35. The van der Waals surface area contributed by atoms with Crippen molar-refractivity contribution in [1.82, 2.24) is 15.6 Å². The third kappa shape index (κ3) is 5.66. The first kappa shape index (κ1) is 24.0. The monoisotopic (exact) mass is 463 g/mol. The van der Waals surface area contributed by atoms with E-state index in [4.69, 9.17) is 9.47 Å². The fourth-order valence-corrected chi connectivity index (χ4v) is 4.70. The Morgan fingerprint density at radius 1 is 1.12 bits per heavy atom. The topological polar surface area (TPSA) is 92.5 Å². The summed E-state index contributed by atoms with van der Waals surface area (Å²) >= 11 is 0. The maximum Gasteiger partial charge on any atom is 0.329 e. The minimum Gasteiger partial charge on any atom is -0.459 e. The van der Waals surface area contributed by atoms with Gasteiger partial charge < -0.3 is 25.1 Å². The molecule has 7 nitrogen and oxygen atoms in total. The Morgan fingerprint density at radius 2 is 1.88 bits per heavy atom. The molecule has 1 fully saturated rings. The number of hydrogen-bond donors (Lipinski definition) is 3. The van der Waals surface area contributed by atoms with E-state index in [0.29, 0.717) is 6.42 Å². The van der Waals surface area contributed by atoms with E-state index in [1.807, 2.05) is 67.7 Å². The number of para-hydroxylation sites is 1. The van der Waals surface area contributed by atoms with E-state index in [9.17, 15) is 9.59 Å². The highest BCUT2D eigenvalue weighted by Crippen LogP contribution is 2.22. The highest BCUT2D eigenvalue weighted by molar-refractivity contribution is 5.88. The number of aromatic amines is 1. The Kier molecular flexibility index (Phi) is 7.98. The van der Waals surface area contributed by atoms with Crippen molar-refractivity contribution in [3.63, 3.8) is 0 Å². The lowest BCUT2D eigenvalue weighted by Crippen LogP contribution is -2.51. The summed E-state index contributed by atoms with van der Waals surface area (Å²) in [6.07, 6.45) is 3.98. The number of aromatic nitrogens is 1. The SMILES string of the molecule is COC(C1CCCN1)C(C)C(=O)NC(Cc1c[nH]c2ccccc12)C(=O)OCc1ccccc1. The predicted molar refractivity (Wildman–Crippen MR) is 131 cm³/mol. The molecule has 34 heavy (non-hydrogen) atoms. The number of H-pyrrole nitrogens is 1. The standard InChI is InChI=1S/C27H33N3O4/c1-18(25(33-2)23-13-8-14-28-23)26(31)30-24(27(32)34-17-19-9-4-3-5-10-19)15-20-16-29-22-12-7-6-11-21(20)22/h3-7,9-12,16,18,23-25,28-29H,8,13-15,17H2,1-2H3,(H,30,31). The minimum absolute atomic E-state index is 0.128. The normalized spacial score (nSPS) is 18.4. The lowest BCUT2D eigenvalue weighted by Gasteiger charge is -2.28. The van der Waals surface area contributed by atoms with Crippen LogP contribution in [-0.4, -0.2) is 48.7 Å². The minimum atomic E-state index is -0.813. The lowest BCUT2D eigenvalue weighted by molar-refractivity contribution is -0.150. The molecule has 1 aliphatic rings. The number of carbonyl (C=O) groups is 2. The van der Waals surface area contributed by atoms with Gasteiger partial charge >= 0.3 is 5.97 Å². The maximum absolute atomic E-state index is 13.2. The molecule has 3 aromatic rings. The van der Waals surface area contributed by atoms with Gasteiger partial charge in [-0.1, -0.05) is 55.5 Å². The molecule has 0 bridgehead atoms. The van der Waals surface area contributed by atoms with Gasteiger partial charge in [0.05, 0.1) is 12.0 Å². The van der Waals surface area contributed by atoms with Gasteiger partial charge in [-0.15, -0.1) is 0 Å². The molecule has 3 N–H and O–H groups in total. The summed E-state index contributed by atoms with van der Waals surface area (Å²) < 4.78 is 11.3. The van der Waals surface area contributed by atoms with Crippen molar-refractivity contribution in [3.8, 4) is 0 Å². The van der Waals surface area contributed by atoms with Crippen LogP contribution in [0.5, 0.6) is 0 Å². The first-order chi connectivity index (χ1) is 16.6. The Morgan fingerprint density at radius 3 is 2.62 bits per heavy atom. The molecule has 0 saturated carbocycles. The zero-order valence-electron chi connectivity index (χ0n) is 19.8. The van der Waals surface area contributed by atoms with Gasteiger partial charge in [0.2, 0.25) is 5.91 Å². The van der Waals surface area contributed by atoms with Crippen LogP contribution in [0.15, 0.2) is 60.8 Å². The molecular formula is C27H33N3O4. The van der Waals surface area contributed by atoms with Gasteiger partial charge in [-0.05, 0) is 36.6 Å². The molecule has 0 spiro atoms. The first-order valence-electron chi connectivity index (χ1n) is 11.9. The largest absolute Gasteiger partial charge is 0.459 e. The molecule has 0 radical (unpaired) electrons. The van der Waals surface area contributed by atoms with E-state index in [2.05, 4.69) is 15.6 Å². The number of fused-ring (bicyclic) bond motifs is 1. The highest BCUT2D eigenvalue weighted by atomic mass is 16.5. The molecule has 1 aromatic heterocycles. The molecule has 4 atom stereocenters. The smallest absolute Gasteiger partial charge is 0.329 e. The number of amides is 1. The van der Waals surface area contributed by atoms with Crippen LogP contribution in [0.3, 0.4) is 0 Å². The molecule has 4 rings (SSSR count). The van der Waals surface area contributed by atoms with E-state index in [-0.39, 0.29) is 24.7 Å². The Labute approximate surface area is 200 Å². The average molecular weight is 464 g/mol. The Bertz CT molecular complexity index is 1090. The van der Waals surface area contributed by atoms with Gasteiger partial charge in [-0.3, -0.25) is 4.79 Å². The summed E-state index contributed by atoms with van der Waals surface area (Å²) in [6, 6.07) is 16.7. The van der Waals surface area contributed by atoms with Crippen molar-refractivity contribution in [3.05, 3.63) is 71.9 Å². The van der Waals surface area contributed by atoms with Gasteiger partial charge in [-0.2, -0.15) is 0 Å². The zero-order chi connectivity index (χ0) is 23.9. The fourth-order valence-electron chi connectivity index (χ4n) is 4.70. The van der Waals surface area contributed by atoms with Crippen LogP contribution in [0.4, 0.5) is 0 Å². The van der Waals surface area contributed by atoms with Crippen LogP contribution < -0.4 is 10.6 Å². The van der Waals surface area contributed by atoms with E-state index in [1.54, 1.807) is 7.11 Å². The number of esters is 1. The third-order valence-corrected chi connectivity index (χ3v) is 6.60. The van der Waals surface area contributed by atoms with E-state index in [1.165, 1.54) is 0 Å². The third-order valence-electron chi connectivity index (χ3n) is 6.60. The molecule has 2 heterocycles.